The van der Waals surface area contributed by atoms with Crippen molar-refractivity contribution in [1.82, 2.24) is 0 Å². The second kappa shape index (κ2) is 5.91. The fraction of sp³-hybridized carbons (Fsp3) is 0.417. The number of carbonyl (C=O) groups is 1. The van der Waals surface area contributed by atoms with Crippen molar-refractivity contribution in [3.05, 3.63) is 29.8 Å². The van der Waals surface area contributed by atoms with Crippen molar-refractivity contribution in [3.8, 4) is 5.75 Å². The second-order valence-electron chi connectivity index (χ2n) is 3.34. The zero-order valence-electron chi connectivity index (χ0n) is 9.00. The summed E-state index contributed by atoms with van der Waals surface area (Å²) in [5.74, 6) is 1.06. The normalized spacial score (nSPS) is 12.2. The molecule has 0 aliphatic rings. The van der Waals surface area contributed by atoms with Crippen LogP contribution in [0.4, 0.5) is 0 Å². The monoisotopic (exact) mass is 270 g/mol. The molecule has 1 atom stereocenters. The van der Waals surface area contributed by atoms with Crippen LogP contribution in [0.1, 0.15) is 18.9 Å². The summed E-state index contributed by atoms with van der Waals surface area (Å²) < 4.78 is 5.12. The highest BCUT2D eigenvalue weighted by Crippen LogP contribution is 2.17. The van der Waals surface area contributed by atoms with E-state index in [2.05, 4.69) is 15.9 Å². The fourth-order valence-corrected chi connectivity index (χ4v) is 2.04. The van der Waals surface area contributed by atoms with Gasteiger partial charge in [0, 0.05) is 6.42 Å². The van der Waals surface area contributed by atoms with E-state index in [0.717, 1.165) is 11.3 Å². The third-order valence-electron chi connectivity index (χ3n) is 2.25. The average molecular weight is 271 g/mol. The van der Waals surface area contributed by atoms with Crippen LogP contribution in [-0.2, 0) is 11.2 Å². The van der Waals surface area contributed by atoms with E-state index in [9.17, 15) is 4.79 Å². The number of hydrogen-bond acceptors (Lipinski definition) is 2. The molecule has 1 unspecified atom stereocenters. The van der Waals surface area contributed by atoms with Crippen molar-refractivity contribution in [3.63, 3.8) is 0 Å². The first kappa shape index (κ1) is 12.2. The molecular weight excluding hydrogens is 256 g/mol. The van der Waals surface area contributed by atoms with E-state index in [4.69, 9.17) is 4.74 Å². The molecule has 0 bridgehead atoms. The summed E-state index contributed by atoms with van der Waals surface area (Å²) in [4.78, 5) is 11.3. The Labute approximate surface area is 98.8 Å². The summed E-state index contributed by atoms with van der Waals surface area (Å²) in [7, 11) is 1.64. The number of Topliss-reactive ketones (excluding diaryl/α,β-unsaturated/α-hetero) is 1. The lowest BCUT2D eigenvalue weighted by atomic mass is 10.1. The molecule has 82 valence electrons. The van der Waals surface area contributed by atoms with Crippen molar-refractivity contribution >= 4 is 21.7 Å². The smallest absolute Gasteiger partial charge is 0.146 e. The highest BCUT2D eigenvalue weighted by atomic mass is 79.9. The van der Waals surface area contributed by atoms with Crippen LogP contribution in [0, 0.1) is 0 Å². The van der Waals surface area contributed by atoms with E-state index in [0.29, 0.717) is 12.8 Å². The molecule has 0 N–H and O–H groups in total. The number of rotatable bonds is 5. The van der Waals surface area contributed by atoms with Gasteiger partial charge >= 0.3 is 0 Å². The Morgan fingerprint density at radius 3 is 2.87 bits per heavy atom. The van der Waals surface area contributed by atoms with Gasteiger partial charge in [0.05, 0.1) is 11.9 Å². The Hall–Kier alpha value is -0.830. The predicted molar refractivity (Wildman–Crippen MR) is 64.7 cm³/mol. The van der Waals surface area contributed by atoms with E-state index in [1.165, 1.54) is 0 Å². The van der Waals surface area contributed by atoms with Crippen LogP contribution in [-0.4, -0.2) is 17.7 Å². The van der Waals surface area contributed by atoms with E-state index >= 15 is 0 Å². The maximum absolute atomic E-state index is 11.4. The molecule has 1 aromatic carbocycles. The second-order valence-corrected chi connectivity index (χ2v) is 4.45. The Morgan fingerprint density at radius 2 is 2.27 bits per heavy atom. The van der Waals surface area contributed by atoms with Crippen LogP contribution in [0.2, 0.25) is 0 Å². The van der Waals surface area contributed by atoms with Gasteiger partial charge in [0.1, 0.15) is 11.5 Å². The number of ether oxygens (including phenoxy) is 1. The molecule has 0 spiro atoms. The summed E-state index contributed by atoms with van der Waals surface area (Å²) in [5.41, 5.74) is 1.11. The molecule has 15 heavy (non-hydrogen) atoms. The third kappa shape index (κ3) is 3.67. The number of alkyl halides is 1. The Balaban J connectivity index is 2.67. The highest BCUT2D eigenvalue weighted by Gasteiger charge is 2.13. The van der Waals surface area contributed by atoms with Crippen molar-refractivity contribution in [1.29, 1.82) is 0 Å². The number of ketones is 1. The van der Waals surface area contributed by atoms with Crippen LogP contribution in [0.15, 0.2) is 24.3 Å². The van der Waals surface area contributed by atoms with Crippen LogP contribution < -0.4 is 4.74 Å². The molecule has 1 rings (SSSR count). The molecule has 0 saturated heterocycles. The summed E-state index contributed by atoms with van der Waals surface area (Å²) in [6.45, 7) is 1.88. The number of carbonyl (C=O) groups excluding carboxylic acids is 1. The van der Waals surface area contributed by atoms with E-state index in [-0.39, 0.29) is 10.6 Å². The lowest BCUT2D eigenvalue weighted by Crippen LogP contribution is -2.15. The molecule has 0 amide bonds. The molecule has 0 saturated carbocycles. The zero-order valence-corrected chi connectivity index (χ0v) is 10.6. The van der Waals surface area contributed by atoms with Gasteiger partial charge in [0.2, 0.25) is 0 Å². The molecule has 0 aromatic heterocycles. The molecular formula is C12H15BrO2. The molecule has 0 heterocycles. The van der Waals surface area contributed by atoms with E-state index < -0.39 is 0 Å². The molecule has 2 nitrogen and oxygen atoms in total. The first-order valence-electron chi connectivity index (χ1n) is 4.97. The van der Waals surface area contributed by atoms with Gasteiger partial charge < -0.3 is 4.74 Å². The fourth-order valence-electron chi connectivity index (χ4n) is 1.34. The zero-order chi connectivity index (χ0) is 11.3. The number of methoxy groups -OCH3 is 1. The SMILES string of the molecule is CCC(=O)C(Br)Cc1cccc(OC)c1. The number of halogens is 1. The van der Waals surface area contributed by atoms with Crippen molar-refractivity contribution in [2.45, 2.75) is 24.6 Å². The van der Waals surface area contributed by atoms with Gasteiger partial charge in [-0.05, 0) is 24.1 Å². The first-order chi connectivity index (χ1) is 7.17. The van der Waals surface area contributed by atoms with Gasteiger partial charge in [-0.1, -0.05) is 35.0 Å². The van der Waals surface area contributed by atoms with Crippen molar-refractivity contribution in [2.24, 2.45) is 0 Å². The molecule has 0 aliphatic carbocycles. The minimum absolute atomic E-state index is 0.0883. The minimum atomic E-state index is -0.0883. The molecule has 1 aromatic rings. The van der Waals surface area contributed by atoms with Crippen molar-refractivity contribution < 1.29 is 9.53 Å². The third-order valence-corrected chi connectivity index (χ3v) is 3.08. The largest absolute Gasteiger partial charge is 0.497 e. The van der Waals surface area contributed by atoms with Gasteiger partial charge in [0.25, 0.3) is 0 Å². The van der Waals surface area contributed by atoms with Crippen LogP contribution >= 0.6 is 15.9 Å². The van der Waals surface area contributed by atoms with Crippen molar-refractivity contribution in [2.75, 3.05) is 7.11 Å². The highest BCUT2D eigenvalue weighted by molar-refractivity contribution is 9.10. The van der Waals surface area contributed by atoms with E-state index in [1.807, 2.05) is 31.2 Å². The quantitative estimate of drug-likeness (QED) is 0.769. The number of benzene rings is 1. The van der Waals surface area contributed by atoms with Crippen LogP contribution in [0.3, 0.4) is 0 Å². The van der Waals surface area contributed by atoms with Gasteiger partial charge in [0.15, 0.2) is 0 Å². The maximum Gasteiger partial charge on any atom is 0.146 e. The number of hydrogen-bond donors (Lipinski definition) is 0. The van der Waals surface area contributed by atoms with Gasteiger partial charge in [-0.3, -0.25) is 4.79 Å². The van der Waals surface area contributed by atoms with Gasteiger partial charge in [-0.2, -0.15) is 0 Å². The summed E-state index contributed by atoms with van der Waals surface area (Å²) in [5, 5.41) is 0. The molecule has 3 heteroatoms. The van der Waals surface area contributed by atoms with Crippen LogP contribution in [0.25, 0.3) is 0 Å². The minimum Gasteiger partial charge on any atom is -0.497 e. The van der Waals surface area contributed by atoms with Gasteiger partial charge in [-0.25, -0.2) is 0 Å². The summed E-state index contributed by atoms with van der Waals surface area (Å²) in [6.07, 6.45) is 1.28. The summed E-state index contributed by atoms with van der Waals surface area (Å²) >= 11 is 3.40. The van der Waals surface area contributed by atoms with Crippen LogP contribution in [0.5, 0.6) is 5.75 Å². The molecule has 0 radical (unpaired) electrons. The standard InChI is InChI=1S/C12H15BrO2/c1-3-12(14)11(13)8-9-5-4-6-10(7-9)15-2/h4-7,11H,3,8H2,1-2H3. The maximum atomic E-state index is 11.4. The lowest BCUT2D eigenvalue weighted by Gasteiger charge is -2.08. The predicted octanol–water partition coefficient (Wildman–Crippen LogP) is 2.98. The topological polar surface area (TPSA) is 26.3 Å². The molecule has 0 fully saturated rings. The van der Waals surface area contributed by atoms with Gasteiger partial charge in [-0.15, -0.1) is 0 Å². The Bertz CT molecular complexity index is 336. The molecule has 0 aliphatic heterocycles. The Kier molecular flexibility index (Phi) is 4.82. The lowest BCUT2D eigenvalue weighted by molar-refractivity contribution is -0.118. The summed E-state index contributed by atoms with van der Waals surface area (Å²) in [6, 6.07) is 7.79. The Morgan fingerprint density at radius 1 is 1.53 bits per heavy atom. The first-order valence-corrected chi connectivity index (χ1v) is 5.88. The van der Waals surface area contributed by atoms with E-state index in [1.54, 1.807) is 7.11 Å². The average Bonchev–Trinajstić information content (AvgIpc) is 2.28.